The van der Waals surface area contributed by atoms with Gasteiger partial charge in [-0.05, 0) is 62.3 Å². The Balaban J connectivity index is 1.36. The van der Waals surface area contributed by atoms with E-state index in [1.54, 1.807) is 6.20 Å². The molecule has 0 bridgehead atoms. The summed E-state index contributed by atoms with van der Waals surface area (Å²) in [6, 6.07) is 9.46. The van der Waals surface area contributed by atoms with Crippen LogP contribution < -0.4 is 10.2 Å². The Bertz CT molecular complexity index is 633. The molecule has 5 nitrogen and oxygen atoms in total. The van der Waals surface area contributed by atoms with Crippen molar-refractivity contribution in [1.29, 1.82) is 0 Å². The van der Waals surface area contributed by atoms with Crippen LogP contribution in [0.25, 0.3) is 0 Å². The monoisotopic (exact) mass is 323 g/mol. The molecule has 1 saturated heterocycles. The fourth-order valence-electron chi connectivity index (χ4n) is 3.99. The number of piperidine rings is 1. The van der Waals surface area contributed by atoms with Crippen molar-refractivity contribution in [2.75, 3.05) is 18.0 Å². The predicted octanol–water partition coefficient (Wildman–Crippen LogP) is 2.38. The largest absolute Gasteiger partial charge is 0.354 e. The fraction of sp³-hybridized carbons (Fsp3) is 0.526. The van der Waals surface area contributed by atoms with Crippen molar-refractivity contribution in [3.63, 3.8) is 0 Å². The molecule has 2 aliphatic rings. The Morgan fingerprint density at radius 2 is 1.92 bits per heavy atom. The number of nitrogens with one attached hydrogen (secondary N) is 1. The third kappa shape index (κ3) is 3.56. The van der Waals surface area contributed by atoms with Gasteiger partial charge in [0, 0.05) is 43.3 Å². The summed E-state index contributed by atoms with van der Waals surface area (Å²) in [5.74, 6) is 1.00. The molecule has 1 aliphatic carbocycles. The van der Waals surface area contributed by atoms with Crippen molar-refractivity contribution in [2.45, 2.75) is 50.6 Å². The first-order valence-electron chi connectivity index (χ1n) is 9.10. The third-order valence-corrected chi connectivity index (χ3v) is 5.25. The van der Waals surface area contributed by atoms with E-state index in [0.29, 0.717) is 12.1 Å². The van der Waals surface area contributed by atoms with E-state index in [-0.39, 0.29) is 0 Å². The van der Waals surface area contributed by atoms with Crippen molar-refractivity contribution in [2.24, 2.45) is 0 Å². The highest BCUT2D eigenvalue weighted by Gasteiger charge is 2.24. The highest BCUT2D eigenvalue weighted by atomic mass is 15.3. The molecule has 1 N–H and O–H groups in total. The van der Waals surface area contributed by atoms with Gasteiger partial charge in [-0.1, -0.05) is 6.07 Å². The quantitative estimate of drug-likeness (QED) is 0.879. The zero-order valence-corrected chi connectivity index (χ0v) is 14.1. The van der Waals surface area contributed by atoms with Crippen molar-refractivity contribution >= 4 is 5.82 Å². The summed E-state index contributed by atoms with van der Waals surface area (Å²) < 4.78 is 0. The van der Waals surface area contributed by atoms with Gasteiger partial charge in [0.15, 0.2) is 5.82 Å². The Hall–Kier alpha value is -2.01. The molecule has 0 saturated carbocycles. The van der Waals surface area contributed by atoms with Crippen LogP contribution in [0.4, 0.5) is 5.82 Å². The molecule has 0 spiro atoms. The third-order valence-electron chi connectivity index (χ3n) is 5.25. The van der Waals surface area contributed by atoms with Gasteiger partial charge >= 0.3 is 0 Å². The lowest BCUT2D eigenvalue weighted by Crippen LogP contribution is -2.49. The van der Waals surface area contributed by atoms with Crippen LogP contribution in [0.5, 0.6) is 0 Å². The van der Waals surface area contributed by atoms with Crippen LogP contribution in [0, 0.1) is 0 Å². The van der Waals surface area contributed by atoms with E-state index in [0.717, 1.165) is 31.7 Å². The molecular weight excluding hydrogens is 298 g/mol. The van der Waals surface area contributed by atoms with Crippen molar-refractivity contribution in [3.05, 3.63) is 47.9 Å². The topological polar surface area (TPSA) is 53.9 Å². The normalized spacial score (nSPS) is 24.2. The number of pyridine rings is 1. The highest BCUT2D eigenvalue weighted by Crippen LogP contribution is 2.21. The average Bonchev–Trinajstić information content (AvgIpc) is 2.85. The Morgan fingerprint density at radius 1 is 1.00 bits per heavy atom. The second kappa shape index (κ2) is 7.26. The van der Waals surface area contributed by atoms with Crippen molar-refractivity contribution in [1.82, 2.24) is 20.5 Å². The average molecular weight is 323 g/mol. The second-order valence-corrected chi connectivity index (χ2v) is 6.92. The fourth-order valence-corrected chi connectivity index (χ4v) is 3.99. The van der Waals surface area contributed by atoms with Crippen LogP contribution in [0.3, 0.4) is 0 Å². The van der Waals surface area contributed by atoms with Gasteiger partial charge in [0.2, 0.25) is 0 Å². The van der Waals surface area contributed by atoms with Crippen LogP contribution in [-0.4, -0.2) is 40.4 Å². The molecule has 4 rings (SSSR count). The number of aryl methyl sites for hydroxylation is 2. The SMILES string of the molecule is c1cnnc(N2CCC[C@@H](N[C@H]3CCc4cccnc4CC3)C2)c1. The summed E-state index contributed by atoms with van der Waals surface area (Å²) in [5, 5.41) is 12.2. The molecule has 0 radical (unpaired) electrons. The van der Waals surface area contributed by atoms with Gasteiger partial charge < -0.3 is 10.2 Å². The molecule has 0 aromatic carbocycles. The zero-order chi connectivity index (χ0) is 16.2. The first kappa shape index (κ1) is 15.5. The second-order valence-electron chi connectivity index (χ2n) is 6.92. The molecule has 2 aromatic rings. The molecule has 1 fully saturated rings. The lowest BCUT2D eigenvalue weighted by Gasteiger charge is -2.35. The molecule has 126 valence electrons. The number of aromatic nitrogens is 3. The number of rotatable bonds is 3. The van der Waals surface area contributed by atoms with Crippen LogP contribution in [0.1, 0.15) is 36.9 Å². The number of hydrogen-bond acceptors (Lipinski definition) is 5. The summed E-state index contributed by atoms with van der Waals surface area (Å²) in [4.78, 5) is 6.92. The molecule has 3 heterocycles. The molecule has 0 unspecified atom stereocenters. The maximum Gasteiger partial charge on any atom is 0.151 e. The van der Waals surface area contributed by atoms with Crippen LogP contribution in [0.2, 0.25) is 0 Å². The summed E-state index contributed by atoms with van der Waals surface area (Å²) in [6.07, 6.45) is 10.7. The molecule has 2 aromatic heterocycles. The predicted molar refractivity (Wildman–Crippen MR) is 95.1 cm³/mol. The van der Waals surface area contributed by atoms with E-state index < -0.39 is 0 Å². The maximum absolute atomic E-state index is 4.56. The van der Waals surface area contributed by atoms with E-state index in [1.165, 1.54) is 36.9 Å². The smallest absolute Gasteiger partial charge is 0.151 e. The van der Waals surface area contributed by atoms with Crippen LogP contribution in [0.15, 0.2) is 36.7 Å². The maximum atomic E-state index is 4.56. The van der Waals surface area contributed by atoms with E-state index >= 15 is 0 Å². The van der Waals surface area contributed by atoms with Crippen LogP contribution in [-0.2, 0) is 12.8 Å². The lowest BCUT2D eigenvalue weighted by molar-refractivity contribution is 0.351. The Morgan fingerprint density at radius 3 is 2.83 bits per heavy atom. The van der Waals surface area contributed by atoms with Gasteiger partial charge in [0.1, 0.15) is 0 Å². The molecule has 1 aliphatic heterocycles. The molecular formula is C19H25N5. The minimum absolute atomic E-state index is 0.542. The summed E-state index contributed by atoms with van der Waals surface area (Å²) in [7, 11) is 0. The van der Waals surface area contributed by atoms with E-state index in [2.05, 4.69) is 43.6 Å². The Labute approximate surface area is 143 Å². The van der Waals surface area contributed by atoms with Crippen LogP contribution >= 0.6 is 0 Å². The van der Waals surface area contributed by atoms with E-state index in [9.17, 15) is 0 Å². The molecule has 24 heavy (non-hydrogen) atoms. The summed E-state index contributed by atoms with van der Waals surface area (Å²) >= 11 is 0. The first-order valence-corrected chi connectivity index (χ1v) is 9.10. The molecule has 2 atom stereocenters. The van der Waals surface area contributed by atoms with E-state index in [1.807, 2.05) is 12.3 Å². The lowest BCUT2D eigenvalue weighted by atomic mass is 10.0. The van der Waals surface area contributed by atoms with Crippen molar-refractivity contribution < 1.29 is 0 Å². The number of nitrogens with zero attached hydrogens (tertiary/aromatic N) is 4. The zero-order valence-electron chi connectivity index (χ0n) is 14.1. The highest BCUT2D eigenvalue weighted by molar-refractivity contribution is 5.37. The summed E-state index contributed by atoms with van der Waals surface area (Å²) in [6.45, 7) is 2.11. The molecule has 0 amide bonds. The van der Waals surface area contributed by atoms with Crippen molar-refractivity contribution in [3.8, 4) is 0 Å². The Kier molecular flexibility index (Phi) is 4.69. The standard InChI is InChI=1S/C19H25N5/c1-4-15-7-8-16(9-10-18(15)20-11-1)22-17-5-3-13-24(14-17)19-6-2-12-21-23-19/h1-2,4,6,11-12,16-17,22H,3,5,7-10,13-14H2/t16-,17+/m0/s1. The van der Waals surface area contributed by atoms with Gasteiger partial charge in [-0.25, -0.2) is 0 Å². The van der Waals surface area contributed by atoms with E-state index in [4.69, 9.17) is 0 Å². The number of anilines is 1. The van der Waals surface area contributed by atoms with Gasteiger partial charge in [0.25, 0.3) is 0 Å². The van der Waals surface area contributed by atoms with Gasteiger partial charge in [0.05, 0.1) is 0 Å². The molecule has 5 heteroatoms. The number of hydrogen-bond donors (Lipinski definition) is 1. The van der Waals surface area contributed by atoms with Gasteiger partial charge in [-0.3, -0.25) is 4.98 Å². The first-order chi connectivity index (χ1) is 11.9. The van der Waals surface area contributed by atoms with Gasteiger partial charge in [-0.15, -0.1) is 5.10 Å². The van der Waals surface area contributed by atoms with Gasteiger partial charge in [-0.2, -0.15) is 5.10 Å². The number of fused-ring (bicyclic) bond motifs is 1. The minimum Gasteiger partial charge on any atom is -0.354 e. The minimum atomic E-state index is 0.542. The summed E-state index contributed by atoms with van der Waals surface area (Å²) in [5.41, 5.74) is 2.73.